The highest BCUT2D eigenvalue weighted by molar-refractivity contribution is 5.72. The van der Waals surface area contributed by atoms with Gasteiger partial charge in [-0.2, -0.15) is 0 Å². The molecule has 0 radical (unpaired) electrons. The third-order valence-electron chi connectivity index (χ3n) is 3.16. The van der Waals surface area contributed by atoms with E-state index in [9.17, 15) is 0 Å². The third-order valence-corrected chi connectivity index (χ3v) is 3.16. The molecule has 0 fully saturated rings. The Balaban J connectivity index is 1.68. The molecule has 0 aliphatic heterocycles. The summed E-state index contributed by atoms with van der Waals surface area (Å²) in [4.78, 5) is 4.11. The van der Waals surface area contributed by atoms with E-state index in [1.54, 1.807) is 0 Å². The Hall–Kier alpha value is -1.39. The highest BCUT2D eigenvalue weighted by Crippen LogP contribution is 2.14. The molecule has 19 heavy (non-hydrogen) atoms. The molecule has 2 aromatic rings. The van der Waals surface area contributed by atoms with Gasteiger partial charge in [0, 0.05) is 5.54 Å². The first-order valence-electron chi connectivity index (χ1n) is 6.86. The lowest BCUT2D eigenvalue weighted by Gasteiger charge is -2.17. The first kappa shape index (κ1) is 14.0. The second-order valence-electron chi connectivity index (χ2n) is 5.75. The molecule has 0 saturated carbocycles. The minimum absolute atomic E-state index is 0.0565. The van der Waals surface area contributed by atoms with Crippen LogP contribution < -0.4 is 11.1 Å². The summed E-state index contributed by atoms with van der Waals surface area (Å²) in [6, 6.07) is 6.17. The molecule has 3 N–H and O–H groups in total. The molecule has 0 amide bonds. The maximum atomic E-state index is 5.94. The summed E-state index contributed by atoms with van der Waals surface area (Å²) in [6.45, 7) is 6.13. The van der Waals surface area contributed by atoms with E-state index in [2.05, 4.69) is 36.3 Å². The van der Waals surface area contributed by atoms with E-state index in [4.69, 9.17) is 10.2 Å². The number of fused-ring (bicyclic) bond motifs is 1. The van der Waals surface area contributed by atoms with Crippen molar-refractivity contribution in [1.82, 2.24) is 10.3 Å². The highest BCUT2D eigenvalue weighted by atomic mass is 16.3. The third kappa shape index (κ3) is 4.65. The number of rotatable bonds is 7. The zero-order valence-electron chi connectivity index (χ0n) is 11.8. The molecule has 4 heteroatoms. The molecule has 104 valence electrons. The summed E-state index contributed by atoms with van der Waals surface area (Å²) >= 11 is 0. The van der Waals surface area contributed by atoms with Crippen LogP contribution in [0.15, 0.2) is 29.0 Å². The number of oxazole rings is 1. The van der Waals surface area contributed by atoms with Gasteiger partial charge in [0.1, 0.15) is 5.52 Å². The lowest BCUT2D eigenvalue weighted by atomic mass is 10.0. The number of nitrogens with zero attached hydrogens (tertiary/aromatic N) is 1. The fourth-order valence-electron chi connectivity index (χ4n) is 2.08. The van der Waals surface area contributed by atoms with Crippen LogP contribution in [0.3, 0.4) is 0 Å². The Morgan fingerprint density at radius 3 is 2.95 bits per heavy atom. The van der Waals surface area contributed by atoms with Crippen molar-refractivity contribution < 1.29 is 4.42 Å². The molecule has 1 aromatic carbocycles. The normalized spacial score (nSPS) is 12.2. The lowest BCUT2D eigenvalue weighted by molar-refractivity contribution is 0.449. The van der Waals surface area contributed by atoms with Crippen molar-refractivity contribution in [3.05, 3.63) is 30.2 Å². The van der Waals surface area contributed by atoms with E-state index < -0.39 is 0 Å². The number of hydrogen-bond acceptors (Lipinski definition) is 4. The van der Waals surface area contributed by atoms with Crippen molar-refractivity contribution in [1.29, 1.82) is 0 Å². The second kappa shape index (κ2) is 6.17. The smallest absolute Gasteiger partial charge is 0.181 e. The molecule has 1 heterocycles. The number of hydrogen-bond donors (Lipinski definition) is 2. The van der Waals surface area contributed by atoms with Crippen LogP contribution in [0.25, 0.3) is 11.1 Å². The molecule has 0 atom stereocenters. The molecule has 2 rings (SSSR count). The van der Waals surface area contributed by atoms with Gasteiger partial charge in [0.15, 0.2) is 12.0 Å². The predicted molar refractivity (Wildman–Crippen MR) is 78.1 cm³/mol. The van der Waals surface area contributed by atoms with Gasteiger partial charge in [0.05, 0.1) is 0 Å². The van der Waals surface area contributed by atoms with E-state index in [0.29, 0.717) is 0 Å². The lowest BCUT2D eigenvalue weighted by Crippen LogP contribution is -2.33. The number of nitrogens with one attached hydrogen (secondary N) is 1. The SMILES string of the molecule is CC(C)(N)CCCNCCc1ccc2ncoc2c1. The zero-order valence-corrected chi connectivity index (χ0v) is 11.8. The predicted octanol–water partition coefficient (Wildman–Crippen LogP) is 2.48. The van der Waals surface area contributed by atoms with Gasteiger partial charge in [0.2, 0.25) is 0 Å². The van der Waals surface area contributed by atoms with Crippen LogP contribution in [0.1, 0.15) is 32.3 Å². The molecule has 0 aliphatic rings. The van der Waals surface area contributed by atoms with E-state index in [1.807, 2.05) is 6.07 Å². The van der Waals surface area contributed by atoms with Crippen LogP contribution in [0, 0.1) is 0 Å². The van der Waals surface area contributed by atoms with Crippen molar-refractivity contribution in [3.63, 3.8) is 0 Å². The van der Waals surface area contributed by atoms with E-state index >= 15 is 0 Å². The van der Waals surface area contributed by atoms with Gasteiger partial charge >= 0.3 is 0 Å². The maximum absolute atomic E-state index is 5.94. The Kier molecular flexibility index (Phi) is 4.56. The summed E-state index contributed by atoms with van der Waals surface area (Å²) in [6.07, 6.45) is 4.65. The molecule has 0 aliphatic carbocycles. The Bertz CT molecular complexity index is 513. The van der Waals surface area contributed by atoms with Crippen LogP contribution in [0.5, 0.6) is 0 Å². The summed E-state index contributed by atoms with van der Waals surface area (Å²) in [5.74, 6) is 0. The van der Waals surface area contributed by atoms with E-state index in [-0.39, 0.29) is 5.54 Å². The Morgan fingerprint density at radius 1 is 1.32 bits per heavy atom. The van der Waals surface area contributed by atoms with Crippen LogP contribution in [-0.2, 0) is 6.42 Å². The van der Waals surface area contributed by atoms with Crippen molar-refractivity contribution in [2.75, 3.05) is 13.1 Å². The van der Waals surface area contributed by atoms with Crippen LogP contribution in [-0.4, -0.2) is 23.6 Å². The van der Waals surface area contributed by atoms with Crippen LogP contribution in [0.2, 0.25) is 0 Å². The number of benzene rings is 1. The molecule has 1 aromatic heterocycles. The first-order chi connectivity index (χ1) is 9.04. The van der Waals surface area contributed by atoms with Crippen molar-refractivity contribution in [3.8, 4) is 0 Å². The summed E-state index contributed by atoms with van der Waals surface area (Å²) in [5.41, 5.74) is 8.94. The highest BCUT2D eigenvalue weighted by Gasteiger charge is 2.08. The Morgan fingerprint density at radius 2 is 2.16 bits per heavy atom. The largest absolute Gasteiger partial charge is 0.443 e. The Labute approximate surface area is 114 Å². The van der Waals surface area contributed by atoms with Gasteiger partial charge in [0.25, 0.3) is 0 Å². The van der Waals surface area contributed by atoms with E-state index in [1.165, 1.54) is 12.0 Å². The molecule has 0 saturated heterocycles. The number of aromatic nitrogens is 1. The summed E-state index contributed by atoms with van der Waals surface area (Å²) in [5, 5.41) is 3.45. The van der Waals surface area contributed by atoms with Crippen LogP contribution >= 0.6 is 0 Å². The second-order valence-corrected chi connectivity index (χ2v) is 5.75. The zero-order chi connectivity index (χ0) is 13.7. The van der Waals surface area contributed by atoms with Crippen molar-refractivity contribution >= 4 is 11.1 Å². The molecule has 0 bridgehead atoms. The molecule has 4 nitrogen and oxygen atoms in total. The standard InChI is InChI=1S/C15H23N3O/c1-15(2,16)7-3-8-17-9-6-12-4-5-13-14(10-12)19-11-18-13/h4-5,10-11,17H,3,6-9,16H2,1-2H3. The minimum atomic E-state index is -0.0565. The van der Waals surface area contributed by atoms with Gasteiger partial charge in [-0.05, 0) is 63.9 Å². The van der Waals surface area contributed by atoms with E-state index in [0.717, 1.165) is 43.5 Å². The summed E-state index contributed by atoms with van der Waals surface area (Å²) in [7, 11) is 0. The maximum Gasteiger partial charge on any atom is 0.181 e. The fraction of sp³-hybridized carbons (Fsp3) is 0.533. The fourth-order valence-corrected chi connectivity index (χ4v) is 2.08. The molecule has 0 unspecified atom stereocenters. The monoisotopic (exact) mass is 261 g/mol. The van der Waals surface area contributed by atoms with Gasteiger partial charge in [-0.25, -0.2) is 4.98 Å². The van der Waals surface area contributed by atoms with Gasteiger partial charge in [-0.3, -0.25) is 0 Å². The molecular weight excluding hydrogens is 238 g/mol. The minimum Gasteiger partial charge on any atom is -0.443 e. The van der Waals surface area contributed by atoms with Crippen molar-refractivity contribution in [2.45, 2.75) is 38.6 Å². The first-order valence-corrected chi connectivity index (χ1v) is 6.86. The molecular formula is C15H23N3O. The van der Waals surface area contributed by atoms with Gasteiger partial charge in [-0.1, -0.05) is 6.07 Å². The summed E-state index contributed by atoms with van der Waals surface area (Å²) < 4.78 is 5.30. The van der Waals surface area contributed by atoms with Gasteiger partial charge < -0.3 is 15.5 Å². The quantitative estimate of drug-likeness (QED) is 0.752. The molecule has 0 spiro atoms. The van der Waals surface area contributed by atoms with Gasteiger partial charge in [-0.15, -0.1) is 0 Å². The number of nitrogens with two attached hydrogens (primary N) is 1. The topological polar surface area (TPSA) is 64.1 Å². The average molecular weight is 261 g/mol. The van der Waals surface area contributed by atoms with Crippen molar-refractivity contribution in [2.24, 2.45) is 5.73 Å². The van der Waals surface area contributed by atoms with Crippen LogP contribution in [0.4, 0.5) is 0 Å². The average Bonchev–Trinajstić information content (AvgIpc) is 2.79.